The quantitative estimate of drug-likeness (QED) is 0.243. The molecule has 0 bridgehead atoms. The minimum Gasteiger partial charge on any atom is -0.436 e. The first-order valence-corrected chi connectivity index (χ1v) is 8.97. The van der Waals surface area contributed by atoms with Gasteiger partial charge in [0.05, 0.1) is 0 Å². The maximum atomic E-state index is 13.9. The SMILES string of the molecule is Cc1cc(C)cc(-c2nc3cc(NC(=O)c4c(F)c(F)c(F)c(F)c4F)ccc3o2)c1. The Bertz CT molecular complexity index is 1310. The number of benzene rings is 3. The molecule has 4 nitrogen and oxygen atoms in total. The van der Waals surface area contributed by atoms with Crippen molar-refractivity contribution >= 4 is 22.7 Å². The maximum absolute atomic E-state index is 13.9. The summed E-state index contributed by atoms with van der Waals surface area (Å²) in [6, 6.07) is 9.91. The Hall–Kier alpha value is -3.75. The van der Waals surface area contributed by atoms with Crippen LogP contribution in [0.5, 0.6) is 0 Å². The van der Waals surface area contributed by atoms with Gasteiger partial charge in [0.15, 0.2) is 28.9 Å². The van der Waals surface area contributed by atoms with Crippen LogP contribution < -0.4 is 5.32 Å². The van der Waals surface area contributed by atoms with Crippen molar-refractivity contribution in [2.45, 2.75) is 13.8 Å². The monoisotopic (exact) mass is 432 g/mol. The number of hydrogen-bond acceptors (Lipinski definition) is 3. The lowest BCUT2D eigenvalue weighted by atomic mass is 10.1. The number of fused-ring (bicyclic) bond motifs is 1. The number of carbonyl (C=O) groups is 1. The molecule has 1 aromatic heterocycles. The zero-order valence-electron chi connectivity index (χ0n) is 16.1. The zero-order valence-corrected chi connectivity index (χ0v) is 16.1. The molecule has 1 heterocycles. The molecule has 9 heteroatoms. The average molecular weight is 432 g/mol. The first-order valence-electron chi connectivity index (χ1n) is 8.97. The van der Waals surface area contributed by atoms with Gasteiger partial charge in [0.1, 0.15) is 11.1 Å². The molecule has 0 saturated heterocycles. The van der Waals surface area contributed by atoms with Crippen molar-refractivity contribution in [2.75, 3.05) is 5.32 Å². The van der Waals surface area contributed by atoms with Crippen LogP contribution in [0.1, 0.15) is 21.5 Å². The van der Waals surface area contributed by atoms with Gasteiger partial charge in [-0.05, 0) is 44.2 Å². The van der Waals surface area contributed by atoms with Gasteiger partial charge in [0.2, 0.25) is 11.7 Å². The second-order valence-corrected chi connectivity index (χ2v) is 6.98. The second-order valence-electron chi connectivity index (χ2n) is 6.98. The molecule has 1 N–H and O–H groups in total. The fourth-order valence-corrected chi connectivity index (χ4v) is 3.22. The number of halogens is 5. The van der Waals surface area contributed by atoms with Crippen LogP contribution in [-0.4, -0.2) is 10.9 Å². The number of aryl methyl sites for hydroxylation is 2. The van der Waals surface area contributed by atoms with Crippen molar-refractivity contribution in [1.29, 1.82) is 0 Å². The number of anilines is 1. The third kappa shape index (κ3) is 3.63. The molecule has 4 aromatic rings. The molecule has 0 aliphatic rings. The molecular weight excluding hydrogens is 419 g/mol. The number of carbonyl (C=O) groups excluding carboxylic acids is 1. The molecule has 0 fully saturated rings. The number of aromatic nitrogens is 1. The lowest BCUT2D eigenvalue weighted by molar-refractivity contribution is 0.101. The van der Waals surface area contributed by atoms with Gasteiger partial charge in [-0.3, -0.25) is 4.79 Å². The van der Waals surface area contributed by atoms with E-state index in [-0.39, 0.29) is 5.69 Å². The molecule has 0 radical (unpaired) electrons. The van der Waals surface area contributed by atoms with Crippen LogP contribution in [0.4, 0.5) is 27.6 Å². The molecule has 1 amide bonds. The van der Waals surface area contributed by atoms with Gasteiger partial charge in [0, 0.05) is 11.3 Å². The van der Waals surface area contributed by atoms with Crippen LogP contribution in [0.15, 0.2) is 40.8 Å². The third-order valence-electron chi connectivity index (χ3n) is 4.55. The van der Waals surface area contributed by atoms with E-state index in [1.165, 1.54) is 18.2 Å². The topological polar surface area (TPSA) is 55.1 Å². The van der Waals surface area contributed by atoms with E-state index in [0.29, 0.717) is 17.0 Å². The van der Waals surface area contributed by atoms with Gasteiger partial charge >= 0.3 is 0 Å². The summed E-state index contributed by atoms with van der Waals surface area (Å²) in [5, 5.41) is 2.12. The second kappa shape index (κ2) is 7.50. The molecule has 158 valence electrons. The summed E-state index contributed by atoms with van der Waals surface area (Å²) in [5.74, 6) is -12.3. The Balaban J connectivity index is 1.68. The summed E-state index contributed by atoms with van der Waals surface area (Å²) in [4.78, 5) is 16.6. The van der Waals surface area contributed by atoms with Crippen molar-refractivity contribution in [3.63, 3.8) is 0 Å². The minimum absolute atomic E-state index is 0.0294. The summed E-state index contributed by atoms with van der Waals surface area (Å²) in [5.41, 5.74) is 1.91. The number of nitrogens with zero attached hydrogens (tertiary/aromatic N) is 1. The van der Waals surface area contributed by atoms with Crippen LogP contribution in [0.25, 0.3) is 22.6 Å². The number of rotatable bonds is 3. The Kier molecular flexibility index (Phi) is 4.96. The summed E-state index contributed by atoms with van der Waals surface area (Å²) >= 11 is 0. The smallest absolute Gasteiger partial charge is 0.261 e. The van der Waals surface area contributed by atoms with Crippen LogP contribution in [0.3, 0.4) is 0 Å². The Morgan fingerprint density at radius 2 is 1.42 bits per heavy atom. The number of oxazole rings is 1. The summed E-state index contributed by atoms with van der Waals surface area (Å²) < 4.78 is 73.3. The standard InChI is InChI=1S/C22H13F5N2O2/c1-9-5-10(2)7-11(6-9)22-29-13-8-12(3-4-14(13)31-22)28-21(30)15-16(23)18(25)20(27)19(26)17(15)24/h3-8H,1-2H3,(H,28,30). The van der Waals surface area contributed by atoms with Crippen LogP contribution in [-0.2, 0) is 0 Å². The predicted octanol–water partition coefficient (Wildman–Crippen LogP) is 6.06. The highest BCUT2D eigenvalue weighted by Crippen LogP contribution is 2.28. The molecule has 0 atom stereocenters. The minimum atomic E-state index is -2.34. The highest BCUT2D eigenvalue weighted by atomic mass is 19.2. The first kappa shape index (κ1) is 20.5. The largest absolute Gasteiger partial charge is 0.436 e. The molecule has 4 rings (SSSR count). The molecular formula is C22H13F5N2O2. The van der Waals surface area contributed by atoms with E-state index >= 15 is 0 Å². The van der Waals surface area contributed by atoms with E-state index in [2.05, 4.69) is 10.3 Å². The molecule has 0 unspecified atom stereocenters. The Labute approximate surface area is 172 Å². The van der Waals surface area contributed by atoms with Gasteiger partial charge in [-0.1, -0.05) is 17.2 Å². The number of amides is 1. The Morgan fingerprint density at radius 3 is 2.03 bits per heavy atom. The zero-order chi connectivity index (χ0) is 22.4. The summed E-state index contributed by atoms with van der Waals surface area (Å²) in [6.07, 6.45) is 0. The summed E-state index contributed by atoms with van der Waals surface area (Å²) in [6.45, 7) is 3.85. The maximum Gasteiger partial charge on any atom is 0.261 e. The highest BCUT2D eigenvalue weighted by molar-refractivity contribution is 6.05. The van der Waals surface area contributed by atoms with Gasteiger partial charge in [-0.25, -0.2) is 26.9 Å². The normalized spacial score (nSPS) is 11.2. The van der Waals surface area contributed by atoms with Crippen molar-refractivity contribution in [2.24, 2.45) is 0 Å². The fraction of sp³-hybridized carbons (Fsp3) is 0.0909. The number of hydrogen-bond donors (Lipinski definition) is 1. The van der Waals surface area contributed by atoms with E-state index in [1.54, 1.807) is 0 Å². The first-order chi connectivity index (χ1) is 14.7. The number of nitrogens with one attached hydrogen (secondary N) is 1. The molecule has 3 aromatic carbocycles. The van der Waals surface area contributed by atoms with Crippen LogP contribution in [0.2, 0.25) is 0 Å². The van der Waals surface area contributed by atoms with E-state index in [0.717, 1.165) is 16.7 Å². The lowest BCUT2D eigenvalue weighted by Gasteiger charge is -2.09. The van der Waals surface area contributed by atoms with Gasteiger partial charge in [-0.2, -0.15) is 0 Å². The van der Waals surface area contributed by atoms with E-state index in [1.807, 2.05) is 32.0 Å². The Morgan fingerprint density at radius 1 is 0.839 bits per heavy atom. The molecule has 0 spiro atoms. The van der Waals surface area contributed by atoms with Gasteiger partial charge in [-0.15, -0.1) is 0 Å². The van der Waals surface area contributed by atoms with Crippen LogP contribution >= 0.6 is 0 Å². The lowest BCUT2D eigenvalue weighted by Crippen LogP contribution is -2.19. The van der Waals surface area contributed by atoms with E-state index in [9.17, 15) is 26.7 Å². The van der Waals surface area contributed by atoms with Crippen molar-refractivity contribution < 1.29 is 31.2 Å². The molecule has 0 saturated carbocycles. The van der Waals surface area contributed by atoms with E-state index in [4.69, 9.17) is 4.42 Å². The van der Waals surface area contributed by atoms with Gasteiger partial charge in [0.25, 0.3) is 5.91 Å². The highest BCUT2D eigenvalue weighted by Gasteiger charge is 2.29. The van der Waals surface area contributed by atoms with Gasteiger partial charge < -0.3 is 9.73 Å². The fourth-order valence-electron chi connectivity index (χ4n) is 3.22. The molecule has 0 aliphatic heterocycles. The predicted molar refractivity (Wildman–Crippen MR) is 103 cm³/mol. The molecule has 31 heavy (non-hydrogen) atoms. The average Bonchev–Trinajstić information content (AvgIpc) is 3.14. The van der Waals surface area contributed by atoms with Crippen molar-refractivity contribution in [1.82, 2.24) is 4.98 Å². The summed E-state index contributed by atoms with van der Waals surface area (Å²) in [7, 11) is 0. The van der Waals surface area contributed by atoms with Crippen molar-refractivity contribution in [3.05, 3.63) is 82.2 Å². The van der Waals surface area contributed by atoms with Crippen molar-refractivity contribution in [3.8, 4) is 11.5 Å². The third-order valence-corrected chi connectivity index (χ3v) is 4.55. The molecule has 0 aliphatic carbocycles. The van der Waals surface area contributed by atoms with Crippen LogP contribution in [0, 0.1) is 42.9 Å². The van der Waals surface area contributed by atoms with E-state index < -0.39 is 40.6 Å².